The first-order valence-electron chi connectivity index (χ1n) is 7.74. The molecule has 0 aliphatic heterocycles. The van der Waals surface area contributed by atoms with E-state index in [0.717, 1.165) is 5.56 Å². The number of benzene rings is 2. The Morgan fingerprint density at radius 2 is 1.79 bits per heavy atom. The van der Waals surface area contributed by atoms with Crippen molar-refractivity contribution in [2.45, 2.75) is 26.7 Å². The highest BCUT2D eigenvalue weighted by atomic mass is 16.5. The number of carboxylic acid groups (broad SMARTS) is 1. The fourth-order valence-corrected chi connectivity index (χ4v) is 2.50. The molecule has 2 N–H and O–H groups in total. The van der Waals surface area contributed by atoms with E-state index in [-0.39, 0.29) is 5.91 Å². The van der Waals surface area contributed by atoms with Crippen LogP contribution < -0.4 is 10.1 Å². The van der Waals surface area contributed by atoms with Crippen LogP contribution in [0.15, 0.2) is 42.5 Å². The summed E-state index contributed by atoms with van der Waals surface area (Å²) < 4.78 is 5.09. The van der Waals surface area contributed by atoms with Crippen LogP contribution in [0.2, 0.25) is 0 Å². The Kier molecular flexibility index (Phi) is 5.95. The normalized spacial score (nSPS) is 10.2. The number of rotatable bonds is 7. The van der Waals surface area contributed by atoms with Gasteiger partial charge in [-0.15, -0.1) is 0 Å². The number of ether oxygens (including phenoxy) is 1. The fraction of sp³-hybridized carbons (Fsp3) is 0.263. The minimum Gasteiger partial charge on any atom is -0.482 e. The highest BCUT2D eigenvalue weighted by Gasteiger charge is 2.06. The first-order chi connectivity index (χ1) is 11.4. The van der Waals surface area contributed by atoms with Crippen LogP contribution in [-0.4, -0.2) is 23.6 Å². The van der Waals surface area contributed by atoms with Gasteiger partial charge in [0.25, 0.3) is 0 Å². The highest BCUT2D eigenvalue weighted by molar-refractivity contribution is 5.91. The smallest absolute Gasteiger partial charge is 0.341 e. The zero-order valence-corrected chi connectivity index (χ0v) is 13.8. The van der Waals surface area contributed by atoms with Crippen molar-refractivity contribution in [3.05, 3.63) is 59.2 Å². The molecular formula is C19H21NO4. The SMILES string of the molecule is Cc1cc(C)cc(CCC(=O)Nc2cccc(OCC(=O)O)c2)c1. The summed E-state index contributed by atoms with van der Waals surface area (Å²) in [5, 5.41) is 11.4. The van der Waals surface area contributed by atoms with Gasteiger partial charge >= 0.3 is 5.97 Å². The van der Waals surface area contributed by atoms with Crippen molar-refractivity contribution < 1.29 is 19.4 Å². The molecular weight excluding hydrogens is 306 g/mol. The summed E-state index contributed by atoms with van der Waals surface area (Å²) in [4.78, 5) is 22.6. The monoisotopic (exact) mass is 327 g/mol. The molecule has 5 nitrogen and oxygen atoms in total. The van der Waals surface area contributed by atoms with Crippen LogP contribution >= 0.6 is 0 Å². The van der Waals surface area contributed by atoms with E-state index in [9.17, 15) is 9.59 Å². The molecule has 0 heterocycles. The van der Waals surface area contributed by atoms with E-state index in [2.05, 4.69) is 23.5 Å². The Bertz CT molecular complexity index is 720. The molecule has 0 unspecified atom stereocenters. The molecule has 0 aliphatic rings. The van der Waals surface area contributed by atoms with Gasteiger partial charge in [-0.3, -0.25) is 4.79 Å². The third-order valence-electron chi connectivity index (χ3n) is 3.40. The van der Waals surface area contributed by atoms with Crippen molar-refractivity contribution in [1.82, 2.24) is 0 Å². The molecule has 0 saturated heterocycles. The van der Waals surface area contributed by atoms with Crippen LogP contribution in [0.4, 0.5) is 5.69 Å². The third kappa shape index (κ3) is 5.76. The minimum absolute atomic E-state index is 0.0930. The van der Waals surface area contributed by atoms with Crippen molar-refractivity contribution >= 4 is 17.6 Å². The molecule has 0 bridgehead atoms. The lowest BCUT2D eigenvalue weighted by molar-refractivity contribution is -0.139. The number of anilines is 1. The van der Waals surface area contributed by atoms with Crippen LogP contribution in [0.1, 0.15) is 23.1 Å². The number of aryl methyl sites for hydroxylation is 3. The van der Waals surface area contributed by atoms with Crippen LogP contribution in [0.5, 0.6) is 5.75 Å². The molecule has 0 fully saturated rings. The van der Waals surface area contributed by atoms with Crippen molar-refractivity contribution in [1.29, 1.82) is 0 Å². The van der Waals surface area contributed by atoms with Gasteiger partial charge in [-0.25, -0.2) is 4.79 Å². The van der Waals surface area contributed by atoms with Gasteiger partial charge in [0.05, 0.1) is 0 Å². The molecule has 24 heavy (non-hydrogen) atoms. The number of carbonyl (C=O) groups excluding carboxylic acids is 1. The van der Waals surface area contributed by atoms with E-state index in [4.69, 9.17) is 9.84 Å². The third-order valence-corrected chi connectivity index (χ3v) is 3.40. The molecule has 126 valence electrons. The highest BCUT2D eigenvalue weighted by Crippen LogP contribution is 2.18. The van der Waals surface area contributed by atoms with Gasteiger partial charge in [-0.05, 0) is 38.0 Å². The van der Waals surface area contributed by atoms with Crippen molar-refractivity contribution in [2.75, 3.05) is 11.9 Å². The predicted molar refractivity (Wildman–Crippen MR) is 92.4 cm³/mol. The van der Waals surface area contributed by atoms with Gasteiger partial charge in [-0.2, -0.15) is 0 Å². The fourth-order valence-electron chi connectivity index (χ4n) is 2.50. The topological polar surface area (TPSA) is 75.6 Å². The van der Waals surface area contributed by atoms with Gasteiger partial charge in [0.2, 0.25) is 5.91 Å². The maximum atomic E-state index is 12.1. The Labute approximate surface area is 141 Å². The number of nitrogens with one attached hydrogen (secondary N) is 1. The largest absolute Gasteiger partial charge is 0.482 e. The molecule has 2 aromatic carbocycles. The van der Waals surface area contributed by atoms with E-state index in [1.165, 1.54) is 11.1 Å². The Balaban J connectivity index is 1.90. The standard InChI is InChI=1S/C19H21NO4/c1-13-8-14(2)10-15(9-13)6-7-18(21)20-16-4-3-5-17(11-16)24-12-19(22)23/h3-5,8-11H,6-7,12H2,1-2H3,(H,20,21)(H,22,23). The summed E-state index contributed by atoms with van der Waals surface area (Å²) in [6.45, 7) is 3.67. The van der Waals surface area contributed by atoms with Crippen LogP contribution in [-0.2, 0) is 16.0 Å². The second-order valence-electron chi connectivity index (χ2n) is 5.75. The van der Waals surface area contributed by atoms with E-state index in [1.807, 2.05) is 13.8 Å². The first kappa shape index (κ1) is 17.5. The predicted octanol–water partition coefficient (Wildman–Crippen LogP) is 3.34. The molecule has 0 radical (unpaired) electrons. The van der Waals surface area contributed by atoms with E-state index in [1.54, 1.807) is 24.3 Å². The zero-order chi connectivity index (χ0) is 17.5. The molecule has 5 heteroatoms. The molecule has 0 saturated carbocycles. The van der Waals surface area contributed by atoms with E-state index >= 15 is 0 Å². The molecule has 0 aromatic heterocycles. The van der Waals surface area contributed by atoms with Crippen molar-refractivity contribution in [3.8, 4) is 5.75 Å². The summed E-state index contributed by atoms with van der Waals surface area (Å²) >= 11 is 0. The summed E-state index contributed by atoms with van der Waals surface area (Å²) in [7, 11) is 0. The average molecular weight is 327 g/mol. The quantitative estimate of drug-likeness (QED) is 0.818. The molecule has 2 aromatic rings. The molecule has 0 atom stereocenters. The maximum Gasteiger partial charge on any atom is 0.341 e. The van der Waals surface area contributed by atoms with Gasteiger partial charge in [0, 0.05) is 18.2 Å². The van der Waals surface area contributed by atoms with Gasteiger partial charge < -0.3 is 15.2 Å². The summed E-state index contributed by atoms with van der Waals surface area (Å²) in [5.74, 6) is -0.730. The number of carbonyl (C=O) groups is 2. The lowest BCUT2D eigenvalue weighted by Gasteiger charge is -2.09. The van der Waals surface area contributed by atoms with Crippen molar-refractivity contribution in [3.63, 3.8) is 0 Å². The Morgan fingerprint density at radius 3 is 2.46 bits per heavy atom. The van der Waals surface area contributed by atoms with Crippen LogP contribution in [0.25, 0.3) is 0 Å². The summed E-state index contributed by atoms with van der Waals surface area (Å²) in [6, 6.07) is 13.0. The van der Waals surface area contributed by atoms with Gasteiger partial charge in [0.15, 0.2) is 6.61 Å². The lowest BCUT2D eigenvalue weighted by Crippen LogP contribution is -2.13. The second kappa shape index (κ2) is 8.15. The van der Waals surface area contributed by atoms with E-state index < -0.39 is 12.6 Å². The number of aliphatic carboxylic acids is 1. The summed E-state index contributed by atoms with van der Waals surface area (Å²) in [5.41, 5.74) is 4.10. The lowest BCUT2D eigenvalue weighted by atomic mass is 10.0. The zero-order valence-electron chi connectivity index (χ0n) is 13.8. The van der Waals surface area contributed by atoms with Crippen molar-refractivity contribution in [2.24, 2.45) is 0 Å². The average Bonchev–Trinajstić information content (AvgIpc) is 2.50. The van der Waals surface area contributed by atoms with Crippen LogP contribution in [0.3, 0.4) is 0 Å². The number of hydrogen-bond acceptors (Lipinski definition) is 3. The maximum absolute atomic E-state index is 12.1. The first-order valence-corrected chi connectivity index (χ1v) is 7.74. The van der Waals surface area contributed by atoms with Crippen LogP contribution in [0, 0.1) is 13.8 Å². The van der Waals surface area contributed by atoms with Gasteiger partial charge in [0.1, 0.15) is 5.75 Å². The van der Waals surface area contributed by atoms with E-state index in [0.29, 0.717) is 24.3 Å². The molecule has 1 amide bonds. The number of carboxylic acids is 1. The second-order valence-corrected chi connectivity index (χ2v) is 5.75. The number of hydrogen-bond donors (Lipinski definition) is 2. The van der Waals surface area contributed by atoms with Gasteiger partial charge in [-0.1, -0.05) is 35.4 Å². The summed E-state index contributed by atoms with van der Waals surface area (Å²) in [6.07, 6.45) is 1.05. The minimum atomic E-state index is -1.04. The number of amides is 1. The molecule has 2 rings (SSSR count). The Hall–Kier alpha value is -2.82. The Morgan fingerprint density at radius 1 is 1.08 bits per heavy atom. The molecule has 0 aliphatic carbocycles. The molecule has 0 spiro atoms.